The minimum Gasteiger partial charge on any atom is -0.460 e. The molecule has 1 aliphatic carbocycles. The SMILES string of the molecule is C=C1OC2=C(C(=O)Cc3ccccc32)C1(C)C. The lowest BCUT2D eigenvalue weighted by Crippen LogP contribution is -2.23. The minimum atomic E-state index is -0.375. The van der Waals surface area contributed by atoms with Crippen LogP contribution in [0.4, 0.5) is 0 Å². The number of benzene rings is 1. The molecular formula is C15H14O2. The fourth-order valence-electron chi connectivity index (χ4n) is 2.55. The minimum absolute atomic E-state index is 0.155. The molecule has 0 spiro atoms. The molecule has 2 aliphatic rings. The van der Waals surface area contributed by atoms with Crippen LogP contribution in [0, 0.1) is 5.41 Å². The van der Waals surface area contributed by atoms with Gasteiger partial charge < -0.3 is 4.74 Å². The van der Waals surface area contributed by atoms with Gasteiger partial charge in [-0.2, -0.15) is 0 Å². The molecule has 1 aromatic carbocycles. The van der Waals surface area contributed by atoms with Crippen molar-refractivity contribution in [2.45, 2.75) is 20.3 Å². The van der Waals surface area contributed by atoms with Crippen LogP contribution in [0.3, 0.4) is 0 Å². The number of rotatable bonds is 0. The Bertz CT molecular complexity index is 576. The first-order valence-corrected chi connectivity index (χ1v) is 5.75. The monoisotopic (exact) mass is 226 g/mol. The van der Waals surface area contributed by atoms with Crippen LogP contribution < -0.4 is 0 Å². The Morgan fingerprint density at radius 2 is 2.00 bits per heavy atom. The Morgan fingerprint density at radius 1 is 1.29 bits per heavy atom. The summed E-state index contributed by atoms with van der Waals surface area (Å²) in [6, 6.07) is 7.91. The molecule has 0 bridgehead atoms. The Morgan fingerprint density at radius 3 is 2.76 bits per heavy atom. The van der Waals surface area contributed by atoms with E-state index in [1.54, 1.807) is 0 Å². The molecule has 0 aromatic heterocycles. The lowest BCUT2D eigenvalue weighted by molar-refractivity contribution is -0.115. The summed E-state index contributed by atoms with van der Waals surface area (Å²) in [5.74, 6) is 1.53. The summed E-state index contributed by atoms with van der Waals surface area (Å²) in [5.41, 5.74) is 2.48. The quantitative estimate of drug-likeness (QED) is 0.679. The predicted molar refractivity (Wildman–Crippen MR) is 66.1 cm³/mol. The van der Waals surface area contributed by atoms with Crippen LogP contribution in [-0.4, -0.2) is 5.78 Å². The molecule has 0 amide bonds. The van der Waals surface area contributed by atoms with E-state index in [1.807, 2.05) is 38.1 Å². The maximum atomic E-state index is 12.2. The van der Waals surface area contributed by atoms with Crippen molar-refractivity contribution in [3.8, 4) is 0 Å². The van der Waals surface area contributed by atoms with E-state index in [2.05, 4.69) is 6.58 Å². The standard InChI is InChI=1S/C15H14O2/c1-9-15(2,3)13-12(16)8-10-6-4-5-7-11(10)14(13)17-9/h4-7H,1,8H2,2-3H3. The molecule has 1 aliphatic heterocycles. The topological polar surface area (TPSA) is 26.3 Å². The zero-order valence-corrected chi connectivity index (χ0v) is 10.0. The second-order valence-corrected chi connectivity index (χ2v) is 5.11. The fourth-order valence-corrected chi connectivity index (χ4v) is 2.55. The first kappa shape index (κ1) is 10.3. The van der Waals surface area contributed by atoms with Crippen LogP contribution in [0.5, 0.6) is 0 Å². The Balaban J connectivity index is 2.28. The van der Waals surface area contributed by atoms with E-state index in [-0.39, 0.29) is 11.2 Å². The number of hydrogen-bond acceptors (Lipinski definition) is 2. The fraction of sp³-hybridized carbons (Fsp3) is 0.267. The van der Waals surface area contributed by atoms with E-state index in [9.17, 15) is 4.79 Å². The molecule has 1 aromatic rings. The van der Waals surface area contributed by atoms with Gasteiger partial charge in [0.1, 0.15) is 11.5 Å². The van der Waals surface area contributed by atoms with Gasteiger partial charge in [0.15, 0.2) is 5.78 Å². The Labute approximate surface area is 101 Å². The summed E-state index contributed by atoms with van der Waals surface area (Å²) in [6.07, 6.45) is 0.467. The van der Waals surface area contributed by atoms with Gasteiger partial charge >= 0.3 is 0 Å². The molecule has 2 nitrogen and oxygen atoms in total. The van der Waals surface area contributed by atoms with Crippen molar-refractivity contribution in [1.82, 2.24) is 0 Å². The van der Waals surface area contributed by atoms with Crippen molar-refractivity contribution in [1.29, 1.82) is 0 Å². The highest BCUT2D eigenvalue weighted by atomic mass is 16.5. The highest BCUT2D eigenvalue weighted by Crippen LogP contribution is 2.50. The van der Waals surface area contributed by atoms with Gasteiger partial charge in [-0.1, -0.05) is 30.8 Å². The highest BCUT2D eigenvalue weighted by molar-refractivity contribution is 6.08. The third kappa shape index (κ3) is 1.24. The van der Waals surface area contributed by atoms with Crippen molar-refractivity contribution in [3.63, 3.8) is 0 Å². The van der Waals surface area contributed by atoms with Gasteiger partial charge in [0, 0.05) is 12.0 Å². The Hall–Kier alpha value is -1.83. The first-order valence-electron chi connectivity index (χ1n) is 5.75. The lowest BCUT2D eigenvalue weighted by atomic mass is 9.76. The number of carbonyl (C=O) groups excluding carboxylic acids is 1. The molecule has 0 saturated heterocycles. The molecule has 0 N–H and O–H groups in total. The van der Waals surface area contributed by atoms with Gasteiger partial charge in [-0.3, -0.25) is 4.79 Å². The second kappa shape index (κ2) is 3.10. The molecular weight excluding hydrogens is 212 g/mol. The molecule has 0 unspecified atom stereocenters. The predicted octanol–water partition coefficient (Wildman–Crippen LogP) is 3.09. The molecule has 17 heavy (non-hydrogen) atoms. The van der Waals surface area contributed by atoms with Gasteiger partial charge in [-0.15, -0.1) is 0 Å². The first-order chi connectivity index (χ1) is 8.01. The van der Waals surface area contributed by atoms with E-state index in [0.29, 0.717) is 17.9 Å². The normalized spacial score (nSPS) is 21.1. The van der Waals surface area contributed by atoms with Crippen LogP contribution in [-0.2, 0) is 16.0 Å². The molecule has 0 fully saturated rings. The zero-order chi connectivity index (χ0) is 12.2. The number of hydrogen-bond donors (Lipinski definition) is 0. The van der Waals surface area contributed by atoms with Crippen LogP contribution in [0.1, 0.15) is 25.0 Å². The van der Waals surface area contributed by atoms with E-state index in [1.165, 1.54) is 0 Å². The summed E-state index contributed by atoms with van der Waals surface area (Å²) in [6.45, 7) is 7.90. The number of fused-ring (bicyclic) bond motifs is 2. The van der Waals surface area contributed by atoms with Crippen molar-refractivity contribution in [3.05, 3.63) is 53.3 Å². The third-order valence-electron chi connectivity index (χ3n) is 3.67. The van der Waals surface area contributed by atoms with E-state index in [4.69, 9.17) is 4.74 Å². The van der Waals surface area contributed by atoms with Gasteiger partial charge in [-0.25, -0.2) is 0 Å². The van der Waals surface area contributed by atoms with Gasteiger partial charge in [0.05, 0.1) is 11.0 Å². The van der Waals surface area contributed by atoms with Gasteiger partial charge in [0.2, 0.25) is 0 Å². The van der Waals surface area contributed by atoms with Crippen molar-refractivity contribution >= 4 is 11.5 Å². The molecule has 86 valence electrons. The highest BCUT2D eigenvalue weighted by Gasteiger charge is 2.45. The van der Waals surface area contributed by atoms with E-state index < -0.39 is 0 Å². The lowest BCUT2D eigenvalue weighted by Gasteiger charge is -2.22. The van der Waals surface area contributed by atoms with E-state index in [0.717, 1.165) is 16.7 Å². The maximum absolute atomic E-state index is 12.2. The average Bonchev–Trinajstić information content (AvgIpc) is 2.51. The largest absolute Gasteiger partial charge is 0.460 e. The van der Waals surface area contributed by atoms with Crippen molar-refractivity contribution < 1.29 is 9.53 Å². The number of allylic oxidation sites excluding steroid dienone is 1. The van der Waals surface area contributed by atoms with Crippen molar-refractivity contribution in [2.75, 3.05) is 0 Å². The summed E-state index contributed by atoms with van der Waals surface area (Å²) in [4.78, 5) is 12.2. The van der Waals surface area contributed by atoms with Gasteiger partial charge in [0.25, 0.3) is 0 Å². The molecule has 0 atom stereocenters. The smallest absolute Gasteiger partial charge is 0.168 e. The Kier molecular flexibility index (Phi) is 1.88. The summed E-state index contributed by atoms with van der Waals surface area (Å²) >= 11 is 0. The zero-order valence-electron chi connectivity index (χ0n) is 10.0. The summed E-state index contributed by atoms with van der Waals surface area (Å²) in [5, 5.41) is 0. The third-order valence-corrected chi connectivity index (χ3v) is 3.67. The van der Waals surface area contributed by atoms with Gasteiger partial charge in [-0.05, 0) is 19.4 Å². The summed E-state index contributed by atoms with van der Waals surface area (Å²) < 4.78 is 5.74. The van der Waals surface area contributed by atoms with Crippen molar-refractivity contribution in [2.24, 2.45) is 5.41 Å². The molecule has 2 heteroatoms. The number of ketones is 1. The number of ether oxygens (including phenoxy) is 1. The number of Topliss-reactive ketones (excluding diaryl/α,β-unsaturated/α-hetero) is 1. The van der Waals surface area contributed by atoms with Crippen LogP contribution in [0.2, 0.25) is 0 Å². The van der Waals surface area contributed by atoms with Crippen LogP contribution in [0.15, 0.2) is 42.2 Å². The second-order valence-electron chi connectivity index (χ2n) is 5.11. The maximum Gasteiger partial charge on any atom is 0.168 e. The van der Waals surface area contributed by atoms with E-state index >= 15 is 0 Å². The average molecular weight is 226 g/mol. The number of carbonyl (C=O) groups is 1. The summed E-state index contributed by atoms with van der Waals surface area (Å²) in [7, 11) is 0. The molecule has 3 rings (SSSR count). The molecule has 0 radical (unpaired) electrons. The van der Waals surface area contributed by atoms with Crippen LogP contribution >= 0.6 is 0 Å². The molecule has 1 heterocycles. The van der Waals surface area contributed by atoms with Crippen LogP contribution in [0.25, 0.3) is 5.76 Å². The molecule has 0 saturated carbocycles.